The molecule has 1 N–H and O–H groups in total. The van der Waals surface area contributed by atoms with Crippen LogP contribution >= 0.6 is 0 Å². The van der Waals surface area contributed by atoms with Gasteiger partial charge in [0.2, 0.25) is 5.91 Å². The number of anilines is 1. The number of carbonyl (C=O) groups excluding carboxylic acids is 2. The van der Waals surface area contributed by atoms with Crippen molar-refractivity contribution in [3.05, 3.63) is 81.3 Å². The highest BCUT2D eigenvalue weighted by molar-refractivity contribution is 5.90. The number of nitrogens with zero attached hydrogens (tertiary/aromatic N) is 3. The smallest absolute Gasteiger partial charge is 0.410 e. The van der Waals surface area contributed by atoms with Gasteiger partial charge in [-0.25, -0.2) is 9.78 Å². The lowest BCUT2D eigenvalue weighted by Crippen LogP contribution is -2.42. The Morgan fingerprint density at radius 3 is 2.32 bits per heavy atom. The number of aromatic nitrogens is 2. The summed E-state index contributed by atoms with van der Waals surface area (Å²) in [7, 11) is 0. The summed E-state index contributed by atoms with van der Waals surface area (Å²) in [5.41, 5.74) is 4.35. The number of ether oxygens (including phenoxy) is 1. The Labute approximate surface area is 198 Å². The molecule has 0 radical (unpaired) electrons. The maximum absolute atomic E-state index is 13.5. The first-order valence-corrected chi connectivity index (χ1v) is 11.3. The van der Waals surface area contributed by atoms with Gasteiger partial charge in [-0.2, -0.15) is 0 Å². The van der Waals surface area contributed by atoms with Crippen LogP contribution in [0.3, 0.4) is 0 Å². The van der Waals surface area contributed by atoms with Crippen LogP contribution in [-0.4, -0.2) is 39.6 Å². The highest BCUT2D eigenvalue weighted by atomic mass is 16.6. The van der Waals surface area contributed by atoms with E-state index in [1.165, 1.54) is 4.57 Å². The quantitative estimate of drug-likeness (QED) is 0.627. The number of nitrogens with one attached hydrogen (secondary N) is 1. The zero-order valence-corrected chi connectivity index (χ0v) is 19.6. The number of carbonyl (C=O) groups is 2. The largest absolute Gasteiger partial charge is 0.450 e. The molecular weight excluding hydrogens is 432 g/mol. The number of amides is 2. The van der Waals surface area contributed by atoms with E-state index in [4.69, 9.17) is 9.72 Å². The van der Waals surface area contributed by atoms with Gasteiger partial charge in [0.25, 0.3) is 5.56 Å². The number of rotatable bonds is 5. The lowest BCUT2D eigenvalue weighted by Gasteiger charge is -2.28. The Bertz CT molecular complexity index is 1260. The van der Waals surface area contributed by atoms with Gasteiger partial charge in [-0.15, -0.1) is 0 Å². The van der Waals surface area contributed by atoms with Crippen LogP contribution in [0, 0.1) is 13.8 Å². The van der Waals surface area contributed by atoms with E-state index in [2.05, 4.69) is 5.32 Å². The summed E-state index contributed by atoms with van der Waals surface area (Å²) in [5.74, 6) is 0.0820. The molecule has 176 valence electrons. The van der Waals surface area contributed by atoms with E-state index in [-0.39, 0.29) is 31.2 Å². The van der Waals surface area contributed by atoms with Gasteiger partial charge in [0.1, 0.15) is 12.4 Å². The molecule has 8 heteroatoms. The van der Waals surface area contributed by atoms with E-state index in [0.717, 1.165) is 16.7 Å². The SMILES string of the molecule is CCOC(=O)N1CCc2c(nc(-c3ccc(C)cc3)n(CC(=O)Nc3ccc(C)cc3)c2=O)C1. The minimum Gasteiger partial charge on any atom is -0.450 e. The molecule has 2 heterocycles. The summed E-state index contributed by atoms with van der Waals surface area (Å²) in [6, 6.07) is 15.1. The molecule has 0 saturated carbocycles. The lowest BCUT2D eigenvalue weighted by atomic mass is 10.1. The molecule has 1 aliphatic rings. The molecule has 8 nitrogen and oxygen atoms in total. The van der Waals surface area contributed by atoms with Gasteiger partial charge in [-0.3, -0.25) is 14.2 Å². The van der Waals surface area contributed by atoms with Gasteiger partial charge >= 0.3 is 6.09 Å². The first kappa shape index (κ1) is 23.2. The van der Waals surface area contributed by atoms with Gasteiger partial charge < -0.3 is 15.0 Å². The van der Waals surface area contributed by atoms with E-state index >= 15 is 0 Å². The van der Waals surface area contributed by atoms with E-state index < -0.39 is 6.09 Å². The van der Waals surface area contributed by atoms with E-state index in [0.29, 0.717) is 35.7 Å². The molecule has 1 aliphatic heterocycles. The van der Waals surface area contributed by atoms with Crippen molar-refractivity contribution in [1.82, 2.24) is 14.5 Å². The summed E-state index contributed by atoms with van der Waals surface area (Å²) < 4.78 is 6.54. The van der Waals surface area contributed by atoms with Crippen molar-refractivity contribution in [3.63, 3.8) is 0 Å². The monoisotopic (exact) mass is 460 g/mol. The number of aryl methyl sites for hydroxylation is 2. The number of fused-ring (bicyclic) bond motifs is 1. The fourth-order valence-electron chi connectivity index (χ4n) is 3.95. The van der Waals surface area contributed by atoms with Crippen LogP contribution in [0.25, 0.3) is 11.4 Å². The molecule has 0 spiro atoms. The molecule has 0 aliphatic carbocycles. The minimum atomic E-state index is -0.423. The molecule has 34 heavy (non-hydrogen) atoms. The van der Waals surface area contributed by atoms with Crippen molar-refractivity contribution >= 4 is 17.7 Å². The second-order valence-corrected chi connectivity index (χ2v) is 8.40. The van der Waals surface area contributed by atoms with Gasteiger partial charge in [-0.1, -0.05) is 47.5 Å². The average molecular weight is 461 g/mol. The predicted molar refractivity (Wildman–Crippen MR) is 130 cm³/mol. The van der Waals surface area contributed by atoms with Crippen molar-refractivity contribution in [3.8, 4) is 11.4 Å². The van der Waals surface area contributed by atoms with Crippen LogP contribution in [0.2, 0.25) is 0 Å². The molecule has 1 aromatic heterocycles. The molecule has 0 bridgehead atoms. The number of hydrogen-bond donors (Lipinski definition) is 1. The van der Waals surface area contributed by atoms with Crippen molar-refractivity contribution in [2.45, 2.75) is 40.3 Å². The van der Waals surface area contributed by atoms with Crippen LogP contribution in [0.4, 0.5) is 10.5 Å². The van der Waals surface area contributed by atoms with Crippen molar-refractivity contribution < 1.29 is 14.3 Å². The van der Waals surface area contributed by atoms with Crippen LogP contribution in [0.1, 0.15) is 29.3 Å². The molecule has 2 aromatic carbocycles. The Morgan fingerprint density at radius 2 is 1.68 bits per heavy atom. The molecule has 0 saturated heterocycles. The highest BCUT2D eigenvalue weighted by Gasteiger charge is 2.27. The van der Waals surface area contributed by atoms with Gasteiger partial charge in [0.15, 0.2) is 0 Å². The van der Waals surface area contributed by atoms with Crippen LogP contribution in [0.15, 0.2) is 53.3 Å². The van der Waals surface area contributed by atoms with Crippen molar-refractivity contribution in [2.75, 3.05) is 18.5 Å². The van der Waals surface area contributed by atoms with Gasteiger partial charge in [0.05, 0.1) is 18.8 Å². The highest BCUT2D eigenvalue weighted by Crippen LogP contribution is 2.22. The van der Waals surface area contributed by atoms with Crippen LogP contribution in [0.5, 0.6) is 0 Å². The molecule has 0 atom stereocenters. The summed E-state index contributed by atoms with van der Waals surface area (Å²) in [4.78, 5) is 44.9. The Kier molecular flexibility index (Phi) is 6.77. The number of hydrogen-bond acceptors (Lipinski definition) is 5. The maximum Gasteiger partial charge on any atom is 0.410 e. The second-order valence-electron chi connectivity index (χ2n) is 8.40. The zero-order valence-electron chi connectivity index (χ0n) is 19.6. The fraction of sp³-hybridized carbons (Fsp3) is 0.308. The molecule has 0 unspecified atom stereocenters. The standard InChI is InChI=1S/C26H28N4O4/c1-4-34-26(33)29-14-13-21-22(15-29)28-24(19-9-5-17(2)6-10-19)30(25(21)32)16-23(31)27-20-11-7-18(3)8-12-20/h5-12H,4,13-16H2,1-3H3,(H,27,31). The van der Waals surface area contributed by atoms with Crippen molar-refractivity contribution in [2.24, 2.45) is 0 Å². The van der Waals surface area contributed by atoms with Gasteiger partial charge in [-0.05, 0) is 39.3 Å². The normalized spacial score (nSPS) is 12.7. The molecule has 2 amide bonds. The number of benzene rings is 2. The summed E-state index contributed by atoms with van der Waals surface area (Å²) >= 11 is 0. The summed E-state index contributed by atoms with van der Waals surface area (Å²) in [6.45, 7) is 6.37. The zero-order chi connectivity index (χ0) is 24.2. The van der Waals surface area contributed by atoms with E-state index in [1.54, 1.807) is 11.8 Å². The topological polar surface area (TPSA) is 93.5 Å². The predicted octanol–water partition coefficient (Wildman–Crippen LogP) is 3.68. The minimum absolute atomic E-state index is 0.169. The van der Waals surface area contributed by atoms with Gasteiger partial charge in [0, 0.05) is 23.4 Å². The second kappa shape index (κ2) is 9.91. The van der Waals surface area contributed by atoms with Crippen molar-refractivity contribution in [1.29, 1.82) is 0 Å². The Balaban J connectivity index is 1.71. The fourth-order valence-corrected chi connectivity index (χ4v) is 3.95. The summed E-state index contributed by atoms with van der Waals surface area (Å²) in [5, 5.41) is 2.85. The lowest BCUT2D eigenvalue weighted by molar-refractivity contribution is -0.116. The first-order chi connectivity index (χ1) is 16.4. The summed E-state index contributed by atoms with van der Waals surface area (Å²) in [6.07, 6.45) is -0.0678. The average Bonchev–Trinajstić information content (AvgIpc) is 2.82. The molecule has 0 fully saturated rings. The third-order valence-corrected chi connectivity index (χ3v) is 5.79. The molecule has 3 aromatic rings. The van der Waals surface area contributed by atoms with E-state index in [1.807, 2.05) is 62.4 Å². The van der Waals surface area contributed by atoms with E-state index in [9.17, 15) is 14.4 Å². The Hall–Kier alpha value is -3.94. The molecule has 4 rings (SSSR count). The first-order valence-electron chi connectivity index (χ1n) is 11.3. The third kappa shape index (κ3) is 5.01. The van der Waals surface area contributed by atoms with Crippen LogP contribution in [-0.2, 0) is 29.0 Å². The third-order valence-electron chi connectivity index (χ3n) is 5.79. The van der Waals surface area contributed by atoms with Crippen LogP contribution < -0.4 is 10.9 Å². The Morgan fingerprint density at radius 1 is 1.03 bits per heavy atom. The maximum atomic E-state index is 13.5. The molecular formula is C26H28N4O4.